The van der Waals surface area contributed by atoms with Gasteiger partial charge in [-0.2, -0.15) is 0 Å². The lowest BCUT2D eigenvalue weighted by Gasteiger charge is -2.19. The summed E-state index contributed by atoms with van der Waals surface area (Å²) in [6, 6.07) is 2.86. The summed E-state index contributed by atoms with van der Waals surface area (Å²) in [5, 5.41) is 4.78. The quantitative estimate of drug-likeness (QED) is 0.892. The fraction of sp³-hybridized carbons (Fsp3) is 0.300. The van der Waals surface area contributed by atoms with Gasteiger partial charge < -0.3 is 4.90 Å². The Morgan fingerprint density at radius 3 is 2.16 bits per heavy atom. The van der Waals surface area contributed by atoms with Crippen molar-refractivity contribution < 1.29 is 13.2 Å². The SMILES string of the molecule is NS(=O)(=O)C1CC(=O)N(c2c(Cl)cc(Cl)cc2Cl)C1. The van der Waals surface area contributed by atoms with E-state index in [1.54, 1.807) is 0 Å². The van der Waals surface area contributed by atoms with Gasteiger partial charge >= 0.3 is 0 Å². The van der Waals surface area contributed by atoms with Gasteiger partial charge in [-0.25, -0.2) is 13.6 Å². The minimum atomic E-state index is -3.78. The van der Waals surface area contributed by atoms with E-state index in [1.165, 1.54) is 17.0 Å². The van der Waals surface area contributed by atoms with Crippen LogP contribution in [0.15, 0.2) is 12.1 Å². The van der Waals surface area contributed by atoms with Crippen LogP contribution in [0, 0.1) is 0 Å². The van der Waals surface area contributed by atoms with Crippen LogP contribution in [-0.4, -0.2) is 26.1 Å². The van der Waals surface area contributed by atoms with Crippen LogP contribution in [0.5, 0.6) is 0 Å². The molecule has 1 aromatic carbocycles. The van der Waals surface area contributed by atoms with Crippen molar-refractivity contribution in [2.24, 2.45) is 5.14 Å². The molecule has 1 saturated heterocycles. The van der Waals surface area contributed by atoms with Crippen LogP contribution in [0.3, 0.4) is 0 Å². The molecule has 2 N–H and O–H groups in total. The fourth-order valence-corrected chi connectivity index (χ4v) is 3.66. The zero-order valence-corrected chi connectivity index (χ0v) is 12.5. The van der Waals surface area contributed by atoms with Crippen LogP contribution >= 0.6 is 34.8 Å². The molecule has 104 valence electrons. The molecular formula is C10H9Cl3N2O3S. The molecule has 1 aliphatic heterocycles. The first-order valence-corrected chi connectivity index (χ1v) is 7.91. The Hall–Kier alpha value is -0.530. The van der Waals surface area contributed by atoms with Gasteiger partial charge in [-0.05, 0) is 12.1 Å². The van der Waals surface area contributed by atoms with E-state index in [2.05, 4.69) is 0 Å². The number of sulfonamides is 1. The number of anilines is 1. The Morgan fingerprint density at radius 1 is 1.21 bits per heavy atom. The molecule has 5 nitrogen and oxygen atoms in total. The van der Waals surface area contributed by atoms with Crippen molar-refractivity contribution in [2.75, 3.05) is 11.4 Å². The van der Waals surface area contributed by atoms with Gasteiger partial charge in [0.25, 0.3) is 0 Å². The number of nitrogens with zero attached hydrogens (tertiary/aromatic N) is 1. The molecule has 1 aliphatic rings. The zero-order chi connectivity index (χ0) is 14.4. The third kappa shape index (κ3) is 2.98. The summed E-state index contributed by atoms with van der Waals surface area (Å²) in [6.45, 7) is -0.0707. The molecule has 1 heterocycles. The van der Waals surface area contributed by atoms with Gasteiger partial charge in [0, 0.05) is 18.0 Å². The normalized spacial score (nSPS) is 20.1. The molecule has 1 fully saturated rings. The molecule has 0 spiro atoms. The summed E-state index contributed by atoms with van der Waals surface area (Å²) >= 11 is 17.8. The number of benzene rings is 1. The van der Waals surface area contributed by atoms with Crippen molar-refractivity contribution in [2.45, 2.75) is 11.7 Å². The lowest BCUT2D eigenvalue weighted by Crippen LogP contribution is -2.32. The third-order valence-corrected chi connectivity index (χ3v) is 4.85. The molecule has 0 saturated carbocycles. The average Bonchev–Trinajstić information content (AvgIpc) is 2.59. The molecule has 2 rings (SSSR count). The third-order valence-electron chi connectivity index (χ3n) is 2.81. The first-order chi connectivity index (χ1) is 8.70. The highest BCUT2D eigenvalue weighted by Crippen LogP contribution is 2.38. The highest BCUT2D eigenvalue weighted by Gasteiger charge is 2.38. The fourth-order valence-electron chi connectivity index (χ4n) is 1.90. The van der Waals surface area contributed by atoms with E-state index in [0.717, 1.165) is 0 Å². The lowest BCUT2D eigenvalue weighted by molar-refractivity contribution is -0.117. The monoisotopic (exact) mass is 342 g/mol. The van der Waals surface area contributed by atoms with E-state index < -0.39 is 21.2 Å². The van der Waals surface area contributed by atoms with E-state index in [0.29, 0.717) is 5.02 Å². The van der Waals surface area contributed by atoms with Crippen LogP contribution in [-0.2, 0) is 14.8 Å². The van der Waals surface area contributed by atoms with Crippen molar-refractivity contribution >= 4 is 56.4 Å². The zero-order valence-electron chi connectivity index (χ0n) is 9.44. The molecule has 0 radical (unpaired) electrons. The Bertz CT molecular complexity index is 624. The van der Waals surface area contributed by atoms with Crippen molar-refractivity contribution in [1.82, 2.24) is 0 Å². The van der Waals surface area contributed by atoms with Gasteiger partial charge in [0.05, 0.1) is 15.7 Å². The highest BCUT2D eigenvalue weighted by atomic mass is 35.5. The van der Waals surface area contributed by atoms with Gasteiger partial charge in [-0.15, -0.1) is 0 Å². The number of primary sulfonamides is 1. The second kappa shape index (κ2) is 5.10. The van der Waals surface area contributed by atoms with Crippen LogP contribution in [0.1, 0.15) is 6.42 Å². The molecule has 19 heavy (non-hydrogen) atoms. The number of hydrogen-bond donors (Lipinski definition) is 1. The summed E-state index contributed by atoms with van der Waals surface area (Å²) in [6.07, 6.45) is -0.186. The number of carbonyl (C=O) groups is 1. The van der Waals surface area contributed by atoms with E-state index in [-0.39, 0.29) is 28.7 Å². The van der Waals surface area contributed by atoms with Crippen LogP contribution in [0.2, 0.25) is 15.1 Å². The van der Waals surface area contributed by atoms with Gasteiger partial charge in [0.2, 0.25) is 15.9 Å². The predicted octanol–water partition coefficient (Wildman–Crippen LogP) is 2.04. The topological polar surface area (TPSA) is 80.5 Å². The summed E-state index contributed by atoms with van der Waals surface area (Å²) in [5.41, 5.74) is 0.254. The largest absolute Gasteiger partial charge is 0.308 e. The number of hydrogen-bond acceptors (Lipinski definition) is 3. The summed E-state index contributed by atoms with van der Waals surface area (Å²) in [4.78, 5) is 13.1. The first kappa shape index (κ1) is 14.9. The smallest absolute Gasteiger partial charge is 0.228 e. The van der Waals surface area contributed by atoms with Gasteiger partial charge in [-0.1, -0.05) is 34.8 Å². The van der Waals surface area contributed by atoms with E-state index in [1.807, 2.05) is 0 Å². The van der Waals surface area contributed by atoms with E-state index >= 15 is 0 Å². The van der Waals surface area contributed by atoms with Crippen molar-refractivity contribution in [3.05, 3.63) is 27.2 Å². The van der Waals surface area contributed by atoms with Crippen molar-refractivity contribution in [1.29, 1.82) is 0 Å². The summed E-state index contributed by atoms with van der Waals surface area (Å²) < 4.78 is 22.6. The van der Waals surface area contributed by atoms with Crippen molar-refractivity contribution in [3.63, 3.8) is 0 Å². The minimum Gasteiger partial charge on any atom is -0.308 e. The minimum absolute atomic E-state index is 0.0707. The number of nitrogens with two attached hydrogens (primary N) is 1. The second-order valence-electron chi connectivity index (χ2n) is 4.14. The van der Waals surface area contributed by atoms with Crippen LogP contribution < -0.4 is 10.0 Å². The van der Waals surface area contributed by atoms with Gasteiger partial charge in [-0.3, -0.25) is 4.79 Å². The Morgan fingerprint density at radius 2 is 1.74 bits per heavy atom. The Labute approximate surface area is 125 Å². The maximum atomic E-state index is 11.9. The predicted molar refractivity (Wildman–Crippen MR) is 75.3 cm³/mol. The van der Waals surface area contributed by atoms with Crippen molar-refractivity contribution in [3.8, 4) is 0 Å². The van der Waals surface area contributed by atoms with E-state index in [9.17, 15) is 13.2 Å². The Kier molecular flexibility index (Phi) is 3.99. The first-order valence-electron chi connectivity index (χ1n) is 5.16. The molecule has 1 atom stereocenters. The Balaban J connectivity index is 2.42. The highest BCUT2D eigenvalue weighted by molar-refractivity contribution is 7.89. The van der Waals surface area contributed by atoms with Gasteiger partial charge in [0.1, 0.15) is 5.25 Å². The number of halogens is 3. The summed E-state index contributed by atoms with van der Waals surface area (Å²) in [5.74, 6) is -0.398. The molecule has 0 aromatic heterocycles. The second-order valence-corrected chi connectivity index (χ2v) is 7.23. The van der Waals surface area contributed by atoms with Crippen LogP contribution in [0.4, 0.5) is 5.69 Å². The van der Waals surface area contributed by atoms with Crippen LogP contribution in [0.25, 0.3) is 0 Å². The maximum absolute atomic E-state index is 11.9. The summed E-state index contributed by atoms with van der Waals surface area (Å²) in [7, 11) is -3.78. The lowest BCUT2D eigenvalue weighted by atomic mass is 10.3. The number of carbonyl (C=O) groups excluding carboxylic acids is 1. The molecule has 9 heteroatoms. The number of rotatable bonds is 2. The molecule has 1 amide bonds. The average molecular weight is 344 g/mol. The molecule has 1 unspecified atom stereocenters. The maximum Gasteiger partial charge on any atom is 0.228 e. The van der Waals surface area contributed by atoms with Gasteiger partial charge in [0.15, 0.2) is 0 Å². The standard InChI is InChI=1S/C10H9Cl3N2O3S/c11-5-1-7(12)10(8(13)2-5)15-4-6(3-9(15)16)19(14,17)18/h1-2,6H,3-4H2,(H2,14,17,18). The molecule has 0 aliphatic carbocycles. The number of amides is 1. The molecule has 1 aromatic rings. The molecular weight excluding hydrogens is 335 g/mol. The molecule has 0 bridgehead atoms. The van der Waals surface area contributed by atoms with E-state index in [4.69, 9.17) is 39.9 Å².